The molecule has 0 amide bonds. The highest BCUT2D eigenvalue weighted by atomic mass is 16.5. The van der Waals surface area contributed by atoms with Gasteiger partial charge >= 0.3 is 11.9 Å². The van der Waals surface area contributed by atoms with Crippen molar-refractivity contribution in [2.75, 3.05) is 0 Å². The van der Waals surface area contributed by atoms with Crippen molar-refractivity contribution in [3.05, 3.63) is 100 Å². The number of fused-ring (bicyclic) bond motifs is 4. The molecule has 0 radical (unpaired) electrons. The lowest BCUT2D eigenvalue weighted by Crippen LogP contribution is -2.21. The number of carbonyl (C=O) groups is 3. The van der Waals surface area contributed by atoms with Crippen LogP contribution in [0.25, 0.3) is 17.0 Å². The molecule has 0 unspecified atom stereocenters. The Morgan fingerprint density at radius 3 is 2.57 bits per heavy atom. The van der Waals surface area contributed by atoms with Crippen LogP contribution in [0.3, 0.4) is 0 Å². The Morgan fingerprint density at radius 1 is 1.03 bits per heavy atom. The first-order chi connectivity index (χ1) is 16.9. The minimum absolute atomic E-state index is 0.0514. The van der Waals surface area contributed by atoms with Crippen molar-refractivity contribution in [3.8, 4) is 11.5 Å². The van der Waals surface area contributed by atoms with Gasteiger partial charge in [-0.25, -0.2) is 4.79 Å². The minimum atomic E-state index is -1.03. The van der Waals surface area contributed by atoms with E-state index in [1.165, 1.54) is 12.1 Å². The second-order valence-corrected chi connectivity index (χ2v) is 8.66. The van der Waals surface area contributed by atoms with Crippen molar-refractivity contribution in [2.24, 2.45) is 7.05 Å². The SMILES string of the molecule is Cn1cc(/C=C2/Oc3c(ccc4c3[C@H](c3ccc(C(=O)O)cc3)CC(=O)O4)C2=O)c2ccccc21. The molecule has 2 aliphatic heterocycles. The Labute approximate surface area is 199 Å². The maximum atomic E-state index is 13.3. The van der Waals surface area contributed by atoms with Crippen molar-refractivity contribution >= 4 is 34.7 Å². The van der Waals surface area contributed by atoms with Gasteiger partial charge in [-0.3, -0.25) is 9.59 Å². The maximum Gasteiger partial charge on any atom is 0.335 e. The molecule has 172 valence electrons. The van der Waals surface area contributed by atoms with E-state index in [2.05, 4.69) is 0 Å². The Bertz CT molecular complexity index is 1590. The summed E-state index contributed by atoms with van der Waals surface area (Å²) in [5.74, 6) is -1.20. The molecule has 1 aromatic heterocycles. The summed E-state index contributed by atoms with van der Waals surface area (Å²) in [6.07, 6.45) is 3.74. The van der Waals surface area contributed by atoms with Crippen LogP contribution in [-0.4, -0.2) is 27.4 Å². The van der Waals surface area contributed by atoms with Crippen LogP contribution in [-0.2, 0) is 11.8 Å². The van der Waals surface area contributed by atoms with E-state index in [4.69, 9.17) is 9.47 Å². The second-order valence-electron chi connectivity index (χ2n) is 8.66. The third-order valence-electron chi connectivity index (χ3n) is 6.55. The Hall–Kier alpha value is -4.65. The van der Waals surface area contributed by atoms with Crippen molar-refractivity contribution in [1.29, 1.82) is 0 Å². The molecule has 7 nitrogen and oxygen atoms in total. The number of benzene rings is 3. The van der Waals surface area contributed by atoms with Crippen molar-refractivity contribution < 1.29 is 29.0 Å². The first-order valence-electron chi connectivity index (χ1n) is 11.1. The largest absolute Gasteiger partial charge is 0.478 e. The number of carbonyl (C=O) groups excluding carboxylic acids is 2. The van der Waals surface area contributed by atoms with Gasteiger partial charge in [0.15, 0.2) is 5.76 Å². The number of carboxylic acid groups (broad SMARTS) is 1. The third kappa shape index (κ3) is 3.32. The zero-order valence-corrected chi connectivity index (χ0v) is 18.6. The molecule has 2 aliphatic rings. The normalized spacial score (nSPS) is 17.7. The van der Waals surface area contributed by atoms with Gasteiger partial charge < -0.3 is 19.1 Å². The number of ketones is 1. The molecule has 0 fully saturated rings. The molecule has 0 saturated carbocycles. The summed E-state index contributed by atoms with van der Waals surface area (Å²) in [4.78, 5) is 36.9. The first-order valence-corrected chi connectivity index (χ1v) is 11.1. The van der Waals surface area contributed by atoms with E-state index in [1.54, 1.807) is 30.3 Å². The topological polar surface area (TPSA) is 94.8 Å². The molecule has 0 aliphatic carbocycles. The fourth-order valence-corrected chi connectivity index (χ4v) is 4.88. The number of esters is 1. The van der Waals surface area contributed by atoms with E-state index in [-0.39, 0.29) is 23.5 Å². The average molecular weight is 465 g/mol. The molecule has 0 bridgehead atoms. The van der Waals surface area contributed by atoms with Crippen LogP contribution in [0.5, 0.6) is 11.5 Å². The van der Waals surface area contributed by atoms with Gasteiger partial charge in [0.05, 0.1) is 17.5 Å². The predicted molar refractivity (Wildman–Crippen MR) is 128 cm³/mol. The number of para-hydroxylation sites is 1. The summed E-state index contributed by atoms with van der Waals surface area (Å²) in [5.41, 5.74) is 3.80. The summed E-state index contributed by atoms with van der Waals surface area (Å²) >= 11 is 0. The molecule has 1 N–H and O–H groups in total. The van der Waals surface area contributed by atoms with E-state index in [0.29, 0.717) is 22.6 Å². The lowest BCUT2D eigenvalue weighted by molar-refractivity contribution is -0.135. The van der Waals surface area contributed by atoms with Gasteiger partial charge in [0.25, 0.3) is 0 Å². The van der Waals surface area contributed by atoms with E-state index < -0.39 is 17.9 Å². The minimum Gasteiger partial charge on any atom is -0.478 e. The number of hydrogen-bond donors (Lipinski definition) is 1. The summed E-state index contributed by atoms with van der Waals surface area (Å²) < 4.78 is 13.6. The molecule has 4 aromatic rings. The van der Waals surface area contributed by atoms with Gasteiger partial charge in [0.1, 0.15) is 11.5 Å². The zero-order valence-electron chi connectivity index (χ0n) is 18.6. The van der Waals surface area contributed by atoms with E-state index in [9.17, 15) is 19.5 Å². The molecular weight excluding hydrogens is 446 g/mol. The summed E-state index contributed by atoms with van der Waals surface area (Å²) in [7, 11) is 1.95. The molecule has 0 saturated heterocycles. The van der Waals surface area contributed by atoms with Crippen molar-refractivity contribution in [2.45, 2.75) is 12.3 Å². The molecular formula is C28H19NO6. The number of aromatic nitrogens is 1. The maximum absolute atomic E-state index is 13.3. The van der Waals surface area contributed by atoms with Gasteiger partial charge in [0.2, 0.25) is 5.78 Å². The van der Waals surface area contributed by atoms with Crippen LogP contribution in [0.1, 0.15) is 49.7 Å². The number of carboxylic acids is 1. The summed E-state index contributed by atoms with van der Waals surface area (Å²) in [5, 5.41) is 10.2. The highest BCUT2D eigenvalue weighted by Gasteiger charge is 2.38. The smallest absolute Gasteiger partial charge is 0.335 e. The molecule has 3 heterocycles. The number of nitrogens with zero attached hydrogens (tertiary/aromatic N) is 1. The number of allylic oxidation sites excluding steroid dienone is 1. The second kappa shape index (κ2) is 7.70. The molecule has 1 atom stereocenters. The number of aromatic carboxylic acids is 1. The van der Waals surface area contributed by atoms with Crippen LogP contribution in [0.15, 0.2) is 72.6 Å². The Morgan fingerprint density at radius 2 is 1.80 bits per heavy atom. The van der Waals surface area contributed by atoms with Crippen LogP contribution in [0.4, 0.5) is 0 Å². The third-order valence-corrected chi connectivity index (χ3v) is 6.55. The van der Waals surface area contributed by atoms with Crippen molar-refractivity contribution in [3.63, 3.8) is 0 Å². The van der Waals surface area contributed by atoms with Gasteiger partial charge in [0, 0.05) is 41.2 Å². The first kappa shape index (κ1) is 20.9. The number of ether oxygens (including phenoxy) is 2. The Balaban J connectivity index is 1.45. The van der Waals surface area contributed by atoms with Gasteiger partial charge in [-0.1, -0.05) is 30.3 Å². The molecule has 0 spiro atoms. The zero-order chi connectivity index (χ0) is 24.3. The highest BCUT2D eigenvalue weighted by Crippen LogP contribution is 2.49. The summed E-state index contributed by atoms with van der Waals surface area (Å²) in [6, 6.07) is 17.5. The Kier molecular flexibility index (Phi) is 4.60. The van der Waals surface area contributed by atoms with Gasteiger partial charge in [-0.2, -0.15) is 0 Å². The summed E-state index contributed by atoms with van der Waals surface area (Å²) in [6.45, 7) is 0. The van der Waals surface area contributed by atoms with E-state index >= 15 is 0 Å². The standard InChI is InChI=1S/C28H19NO6/c1-29-14-17(18-4-2-3-5-21(18)29)12-23-26(31)19-10-11-22-25(27(19)35-23)20(13-24(30)34-22)15-6-8-16(9-7-15)28(32)33/h2-12,14,20H,13H2,1H3,(H,32,33)/b23-12+/t20-/m0/s1. The molecule has 7 heteroatoms. The van der Waals surface area contributed by atoms with Gasteiger partial charge in [-0.05, 0) is 42.0 Å². The van der Waals surface area contributed by atoms with Crippen LogP contribution >= 0.6 is 0 Å². The molecule has 3 aromatic carbocycles. The van der Waals surface area contributed by atoms with Crippen molar-refractivity contribution in [1.82, 2.24) is 4.57 Å². The van der Waals surface area contributed by atoms with Gasteiger partial charge in [-0.15, -0.1) is 0 Å². The fourth-order valence-electron chi connectivity index (χ4n) is 4.88. The highest BCUT2D eigenvalue weighted by molar-refractivity contribution is 6.15. The van der Waals surface area contributed by atoms with E-state index in [0.717, 1.165) is 22.0 Å². The van der Waals surface area contributed by atoms with Crippen LogP contribution < -0.4 is 9.47 Å². The number of aryl methyl sites for hydroxylation is 1. The predicted octanol–water partition coefficient (Wildman–Crippen LogP) is 4.93. The number of Topliss-reactive ketones (excluding diaryl/α,β-unsaturated/α-hetero) is 1. The van der Waals surface area contributed by atoms with Crippen LogP contribution in [0, 0.1) is 0 Å². The lowest BCUT2D eigenvalue weighted by atomic mass is 9.84. The monoisotopic (exact) mass is 465 g/mol. The quantitative estimate of drug-likeness (QED) is 0.262. The number of rotatable bonds is 3. The number of hydrogen-bond acceptors (Lipinski definition) is 5. The molecule has 35 heavy (non-hydrogen) atoms. The molecule has 6 rings (SSSR count). The van der Waals surface area contributed by atoms with Crippen LogP contribution in [0.2, 0.25) is 0 Å². The fraction of sp³-hybridized carbons (Fsp3) is 0.107. The van der Waals surface area contributed by atoms with E-state index in [1.807, 2.05) is 42.1 Å². The average Bonchev–Trinajstić information content (AvgIpc) is 3.35. The lowest BCUT2D eigenvalue weighted by Gasteiger charge is -2.26.